The van der Waals surface area contributed by atoms with Crippen LogP contribution in [-0.4, -0.2) is 53.3 Å². The molecule has 1 aromatic heterocycles. The molecule has 0 unspecified atom stereocenters. The second kappa shape index (κ2) is 9.75. The Morgan fingerprint density at radius 2 is 1.30 bits per heavy atom. The van der Waals surface area contributed by atoms with Crippen LogP contribution in [0, 0.1) is 0 Å². The predicted molar refractivity (Wildman–Crippen MR) is 133 cm³/mol. The van der Waals surface area contributed by atoms with E-state index >= 15 is 0 Å². The third-order valence-electron chi connectivity index (χ3n) is 6.55. The number of ether oxygens (including phenoxy) is 1. The maximum atomic E-state index is 5.58. The van der Waals surface area contributed by atoms with E-state index in [-0.39, 0.29) is 0 Å². The zero-order valence-electron chi connectivity index (χ0n) is 19.5. The van der Waals surface area contributed by atoms with Crippen LogP contribution >= 0.6 is 0 Å². The molecule has 2 aromatic carbocycles. The number of benzene rings is 2. The molecule has 33 heavy (non-hydrogen) atoms. The number of morpholine rings is 1. The van der Waals surface area contributed by atoms with Crippen molar-refractivity contribution < 1.29 is 4.74 Å². The van der Waals surface area contributed by atoms with Crippen molar-refractivity contribution in [3.8, 4) is 0 Å². The van der Waals surface area contributed by atoms with Crippen LogP contribution in [0.25, 0.3) is 0 Å². The second-order valence-corrected chi connectivity index (χ2v) is 8.88. The molecular formula is C26H32N6O. The fourth-order valence-electron chi connectivity index (χ4n) is 4.81. The summed E-state index contributed by atoms with van der Waals surface area (Å²) in [6, 6.07) is 21.4. The third kappa shape index (κ3) is 4.64. The van der Waals surface area contributed by atoms with Crippen LogP contribution in [0.5, 0.6) is 0 Å². The Hall–Kier alpha value is -3.19. The van der Waals surface area contributed by atoms with Gasteiger partial charge in [-0.2, -0.15) is 15.0 Å². The van der Waals surface area contributed by atoms with Crippen molar-refractivity contribution in [3.05, 3.63) is 60.7 Å². The molecule has 5 rings (SSSR count). The van der Waals surface area contributed by atoms with Crippen molar-refractivity contribution in [2.45, 2.75) is 45.2 Å². The van der Waals surface area contributed by atoms with Gasteiger partial charge in [0.15, 0.2) is 0 Å². The lowest BCUT2D eigenvalue weighted by molar-refractivity contribution is 0.122. The van der Waals surface area contributed by atoms with Crippen molar-refractivity contribution in [1.29, 1.82) is 0 Å². The Labute approximate surface area is 196 Å². The van der Waals surface area contributed by atoms with Crippen LogP contribution in [0.15, 0.2) is 60.7 Å². The normalized spacial score (nSPS) is 21.2. The summed E-state index contributed by atoms with van der Waals surface area (Å²) in [5.41, 5.74) is 2.04. The molecular weight excluding hydrogens is 412 g/mol. The minimum absolute atomic E-state index is 0.392. The Kier molecular flexibility index (Phi) is 6.39. The third-order valence-corrected chi connectivity index (χ3v) is 6.55. The highest BCUT2D eigenvalue weighted by Crippen LogP contribution is 2.35. The van der Waals surface area contributed by atoms with E-state index in [0.29, 0.717) is 31.2 Å². The molecule has 2 atom stereocenters. The smallest absolute Gasteiger partial charge is 0.241 e. The summed E-state index contributed by atoms with van der Waals surface area (Å²) in [6.07, 6.45) is 3.55. The fourth-order valence-corrected chi connectivity index (χ4v) is 4.81. The highest BCUT2D eigenvalue weighted by molar-refractivity contribution is 5.73. The van der Waals surface area contributed by atoms with Crippen molar-refractivity contribution in [3.63, 3.8) is 0 Å². The number of aromatic nitrogens is 3. The van der Waals surface area contributed by atoms with Gasteiger partial charge < -0.3 is 14.5 Å². The molecule has 0 spiro atoms. The Bertz CT molecular complexity index is 992. The Morgan fingerprint density at radius 1 is 0.758 bits per heavy atom. The highest BCUT2D eigenvalue weighted by Gasteiger charge is 2.30. The maximum absolute atomic E-state index is 5.58. The first-order chi connectivity index (χ1) is 16.2. The summed E-state index contributed by atoms with van der Waals surface area (Å²) in [5, 5.41) is 0. The Morgan fingerprint density at radius 3 is 1.88 bits per heavy atom. The lowest BCUT2D eigenvalue weighted by atomic mass is 9.98. The molecule has 2 saturated heterocycles. The molecule has 3 aromatic rings. The molecule has 0 aliphatic carbocycles. The second-order valence-electron chi connectivity index (χ2n) is 8.88. The van der Waals surface area contributed by atoms with E-state index in [1.165, 1.54) is 6.42 Å². The highest BCUT2D eigenvalue weighted by atomic mass is 16.5. The van der Waals surface area contributed by atoms with E-state index in [1.807, 2.05) is 36.4 Å². The number of rotatable bonds is 5. The van der Waals surface area contributed by atoms with Crippen LogP contribution in [-0.2, 0) is 4.74 Å². The van der Waals surface area contributed by atoms with Crippen molar-refractivity contribution in [1.82, 2.24) is 15.0 Å². The van der Waals surface area contributed by atoms with Crippen molar-refractivity contribution in [2.75, 3.05) is 41.0 Å². The summed E-state index contributed by atoms with van der Waals surface area (Å²) in [6.45, 7) is 7.50. The summed E-state index contributed by atoms with van der Waals surface area (Å²) in [7, 11) is 0. The molecule has 3 heterocycles. The number of nitrogens with zero attached hydrogens (tertiary/aromatic N) is 6. The molecule has 0 radical (unpaired) electrons. The lowest BCUT2D eigenvalue weighted by Gasteiger charge is -2.39. The number of piperidine rings is 1. The van der Waals surface area contributed by atoms with E-state index in [2.05, 4.69) is 52.8 Å². The van der Waals surface area contributed by atoms with Gasteiger partial charge in [-0.3, -0.25) is 4.90 Å². The van der Waals surface area contributed by atoms with Gasteiger partial charge in [0.2, 0.25) is 17.8 Å². The average molecular weight is 445 g/mol. The van der Waals surface area contributed by atoms with Gasteiger partial charge in [-0.1, -0.05) is 36.4 Å². The molecule has 172 valence electrons. The summed E-state index contributed by atoms with van der Waals surface area (Å²) in [5.74, 6) is 2.13. The maximum Gasteiger partial charge on any atom is 0.241 e. The van der Waals surface area contributed by atoms with Gasteiger partial charge >= 0.3 is 0 Å². The van der Waals surface area contributed by atoms with Crippen LogP contribution in [0.4, 0.5) is 29.2 Å². The minimum atomic E-state index is 0.392. The number of para-hydroxylation sites is 2. The van der Waals surface area contributed by atoms with E-state index in [4.69, 9.17) is 19.7 Å². The number of hydrogen-bond acceptors (Lipinski definition) is 7. The average Bonchev–Trinajstić information content (AvgIpc) is 2.86. The largest absolute Gasteiger partial charge is 0.378 e. The van der Waals surface area contributed by atoms with Crippen LogP contribution in [0.2, 0.25) is 0 Å². The van der Waals surface area contributed by atoms with E-state index in [1.54, 1.807) is 0 Å². The van der Waals surface area contributed by atoms with Gasteiger partial charge in [-0.25, -0.2) is 0 Å². The first kappa shape index (κ1) is 21.6. The molecule has 7 heteroatoms. The molecule has 7 nitrogen and oxygen atoms in total. The van der Waals surface area contributed by atoms with Gasteiger partial charge in [0.05, 0.1) is 13.2 Å². The monoisotopic (exact) mass is 444 g/mol. The molecule has 2 fully saturated rings. The molecule has 2 aliphatic rings. The standard InChI is InChI=1S/C26H32N6O/c1-20-10-9-11-21(2)31(20)25-27-24(30-16-18-33-19-17-30)28-26(29-25)32(22-12-5-3-6-13-22)23-14-7-4-8-15-23/h3-8,12-15,20-21H,9-11,16-19H2,1-2H3/t20-,21-/m0/s1. The summed E-state index contributed by atoms with van der Waals surface area (Å²) < 4.78 is 5.58. The molecule has 0 bridgehead atoms. The van der Waals surface area contributed by atoms with E-state index in [9.17, 15) is 0 Å². The predicted octanol–water partition coefficient (Wildman–Crippen LogP) is 4.95. The fraction of sp³-hybridized carbons (Fsp3) is 0.423. The SMILES string of the molecule is C[C@H]1CCC[C@H](C)N1c1nc(N2CCOCC2)nc(N(c2ccccc2)c2ccccc2)n1. The topological polar surface area (TPSA) is 57.6 Å². The summed E-state index contributed by atoms with van der Waals surface area (Å²) >= 11 is 0. The van der Waals surface area contributed by atoms with Crippen molar-refractivity contribution in [2.24, 2.45) is 0 Å². The zero-order valence-corrected chi connectivity index (χ0v) is 19.5. The van der Waals surface area contributed by atoms with Gasteiger partial charge in [-0.05, 0) is 57.4 Å². The van der Waals surface area contributed by atoms with Gasteiger partial charge in [-0.15, -0.1) is 0 Å². The molecule has 0 N–H and O–H groups in total. The first-order valence-electron chi connectivity index (χ1n) is 12.0. The van der Waals surface area contributed by atoms with E-state index < -0.39 is 0 Å². The van der Waals surface area contributed by atoms with Crippen molar-refractivity contribution >= 4 is 29.2 Å². The number of anilines is 5. The Balaban J connectivity index is 1.65. The summed E-state index contributed by atoms with van der Waals surface area (Å²) in [4.78, 5) is 21.8. The van der Waals surface area contributed by atoms with E-state index in [0.717, 1.165) is 49.2 Å². The quantitative estimate of drug-likeness (QED) is 0.552. The van der Waals surface area contributed by atoms with Gasteiger partial charge in [0.1, 0.15) is 0 Å². The molecule has 0 saturated carbocycles. The zero-order chi connectivity index (χ0) is 22.6. The molecule has 0 amide bonds. The first-order valence-corrected chi connectivity index (χ1v) is 12.0. The van der Waals surface area contributed by atoms with Crippen LogP contribution in [0.3, 0.4) is 0 Å². The molecule has 2 aliphatic heterocycles. The van der Waals surface area contributed by atoms with Crippen LogP contribution in [0.1, 0.15) is 33.1 Å². The minimum Gasteiger partial charge on any atom is -0.378 e. The number of hydrogen-bond donors (Lipinski definition) is 0. The van der Waals surface area contributed by atoms with Crippen LogP contribution < -0.4 is 14.7 Å². The van der Waals surface area contributed by atoms with Gasteiger partial charge in [0, 0.05) is 36.5 Å². The lowest BCUT2D eigenvalue weighted by Crippen LogP contribution is -2.45. The van der Waals surface area contributed by atoms with Gasteiger partial charge in [0.25, 0.3) is 0 Å².